The number of methoxy groups -OCH3 is 1. The normalized spacial score (nSPS) is 11.4. The lowest BCUT2D eigenvalue weighted by molar-refractivity contribution is 0.257. The highest BCUT2D eigenvalue weighted by atomic mass is 16.5. The van der Waals surface area contributed by atoms with Gasteiger partial charge in [-0.05, 0) is 36.9 Å². The Morgan fingerprint density at radius 1 is 1.15 bits per heavy atom. The monoisotopic (exact) mass is 278 g/mol. The van der Waals surface area contributed by atoms with Crippen LogP contribution in [0.5, 0.6) is 5.75 Å². The van der Waals surface area contributed by atoms with Crippen LogP contribution >= 0.6 is 0 Å². The summed E-state index contributed by atoms with van der Waals surface area (Å²) in [5.74, 6) is 0.944. The lowest BCUT2D eigenvalue weighted by atomic mass is 9.81. The molecular weight excluding hydrogens is 248 g/mol. The molecule has 0 amide bonds. The van der Waals surface area contributed by atoms with E-state index >= 15 is 0 Å². The molecule has 1 rings (SSSR count). The van der Waals surface area contributed by atoms with E-state index in [-0.39, 0.29) is 0 Å². The van der Waals surface area contributed by atoms with E-state index in [1.807, 2.05) is 12.1 Å². The summed E-state index contributed by atoms with van der Waals surface area (Å²) >= 11 is 0. The van der Waals surface area contributed by atoms with Crippen molar-refractivity contribution < 1.29 is 4.74 Å². The second kappa shape index (κ2) is 8.15. The van der Waals surface area contributed by atoms with Gasteiger partial charge in [-0.2, -0.15) is 0 Å². The number of rotatable bonds is 9. The molecule has 0 radical (unpaired) electrons. The smallest absolute Gasteiger partial charge is 0.142 e. The van der Waals surface area contributed by atoms with Gasteiger partial charge in [-0.3, -0.25) is 0 Å². The minimum Gasteiger partial charge on any atom is -0.495 e. The summed E-state index contributed by atoms with van der Waals surface area (Å²) < 4.78 is 5.47. The van der Waals surface area contributed by atoms with Crippen LogP contribution in [0.2, 0.25) is 0 Å². The number of nitrogens with one attached hydrogen (secondary N) is 1. The fourth-order valence-corrected chi connectivity index (χ4v) is 2.70. The van der Waals surface area contributed by atoms with Gasteiger partial charge in [-0.1, -0.05) is 32.9 Å². The highest BCUT2D eigenvalue weighted by Gasteiger charge is 2.28. The molecule has 0 unspecified atom stereocenters. The Labute approximate surface area is 124 Å². The summed E-state index contributed by atoms with van der Waals surface area (Å²) in [5, 5.41) is 3.52. The maximum Gasteiger partial charge on any atom is 0.142 e. The molecule has 1 aromatic carbocycles. The van der Waals surface area contributed by atoms with Gasteiger partial charge in [0.05, 0.1) is 12.8 Å². The molecule has 1 aromatic rings. The van der Waals surface area contributed by atoms with Crippen molar-refractivity contribution in [1.82, 2.24) is 5.32 Å². The Morgan fingerprint density at radius 2 is 1.80 bits per heavy atom. The molecule has 0 aromatic heterocycles. The molecule has 0 aliphatic carbocycles. The number of ether oxygens (including phenoxy) is 1. The Balaban J connectivity index is 2.87. The van der Waals surface area contributed by atoms with Crippen molar-refractivity contribution in [2.45, 2.75) is 33.6 Å². The molecule has 20 heavy (non-hydrogen) atoms. The van der Waals surface area contributed by atoms with Crippen LogP contribution in [0.1, 0.15) is 33.6 Å². The molecule has 0 fully saturated rings. The van der Waals surface area contributed by atoms with Crippen LogP contribution in [0.3, 0.4) is 0 Å². The summed E-state index contributed by atoms with van der Waals surface area (Å²) in [6.45, 7) is 9.87. The van der Waals surface area contributed by atoms with Gasteiger partial charge in [0, 0.05) is 20.1 Å². The minimum absolute atomic E-state index is 0.311. The van der Waals surface area contributed by atoms with Gasteiger partial charge in [0.1, 0.15) is 5.75 Å². The van der Waals surface area contributed by atoms with E-state index in [0.717, 1.165) is 31.1 Å². The van der Waals surface area contributed by atoms with Crippen molar-refractivity contribution in [3.05, 3.63) is 24.3 Å². The van der Waals surface area contributed by atoms with Gasteiger partial charge >= 0.3 is 0 Å². The summed E-state index contributed by atoms with van der Waals surface area (Å²) in [4.78, 5) is 2.32. The van der Waals surface area contributed by atoms with Crippen LogP contribution in [-0.2, 0) is 0 Å². The first-order valence-electron chi connectivity index (χ1n) is 7.67. The predicted molar refractivity (Wildman–Crippen MR) is 87.8 cm³/mol. The Morgan fingerprint density at radius 3 is 2.35 bits per heavy atom. The van der Waals surface area contributed by atoms with Crippen LogP contribution < -0.4 is 15.0 Å². The van der Waals surface area contributed by atoms with Gasteiger partial charge in [0.2, 0.25) is 0 Å². The topological polar surface area (TPSA) is 24.5 Å². The number of hydrogen-bond acceptors (Lipinski definition) is 3. The third-order valence-electron chi connectivity index (χ3n) is 4.32. The number of hydrogen-bond donors (Lipinski definition) is 1. The number of benzene rings is 1. The lowest BCUT2D eigenvalue weighted by Crippen LogP contribution is -2.42. The third-order valence-corrected chi connectivity index (χ3v) is 4.32. The van der Waals surface area contributed by atoms with Crippen molar-refractivity contribution in [2.24, 2.45) is 5.41 Å². The molecule has 1 N–H and O–H groups in total. The van der Waals surface area contributed by atoms with Crippen molar-refractivity contribution in [3.8, 4) is 5.75 Å². The first-order valence-corrected chi connectivity index (χ1v) is 7.67. The zero-order chi connectivity index (χ0) is 15.0. The average Bonchev–Trinajstić information content (AvgIpc) is 2.51. The van der Waals surface area contributed by atoms with E-state index in [4.69, 9.17) is 4.74 Å². The van der Waals surface area contributed by atoms with E-state index in [2.05, 4.69) is 50.2 Å². The molecule has 0 aliphatic rings. The van der Waals surface area contributed by atoms with E-state index in [0.29, 0.717) is 5.41 Å². The van der Waals surface area contributed by atoms with Gasteiger partial charge < -0.3 is 15.0 Å². The van der Waals surface area contributed by atoms with E-state index in [9.17, 15) is 0 Å². The van der Waals surface area contributed by atoms with Gasteiger partial charge in [0.15, 0.2) is 0 Å². The maximum atomic E-state index is 5.47. The molecule has 0 atom stereocenters. The van der Waals surface area contributed by atoms with Gasteiger partial charge in [-0.25, -0.2) is 0 Å². The first kappa shape index (κ1) is 16.8. The van der Waals surface area contributed by atoms with Crippen LogP contribution in [0.4, 0.5) is 5.69 Å². The van der Waals surface area contributed by atoms with Gasteiger partial charge in [0.25, 0.3) is 0 Å². The summed E-state index contributed by atoms with van der Waals surface area (Å²) in [6, 6.07) is 8.23. The Hall–Kier alpha value is -1.22. The van der Waals surface area contributed by atoms with Crippen LogP contribution in [0.25, 0.3) is 0 Å². The zero-order valence-electron chi connectivity index (χ0n) is 13.7. The fraction of sp³-hybridized carbons (Fsp3) is 0.647. The Bertz CT molecular complexity index is 388. The minimum atomic E-state index is 0.311. The summed E-state index contributed by atoms with van der Waals surface area (Å²) in [5.41, 5.74) is 1.48. The van der Waals surface area contributed by atoms with Crippen LogP contribution in [0, 0.1) is 5.41 Å². The lowest BCUT2D eigenvalue weighted by Gasteiger charge is -2.37. The molecule has 0 heterocycles. The third kappa shape index (κ3) is 4.14. The summed E-state index contributed by atoms with van der Waals surface area (Å²) in [6.07, 6.45) is 2.35. The molecule has 0 aliphatic heterocycles. The second-order valence-electron chi connectivity index (χ2n) is 5.52. The molecule has 3 nitrogen and oxygen atoms in total. The molecule has 0 spiro atoms. The first-order chi connectivity index (χ1) is 9.62. The molecular formula is C17H30N2O. The second-order valence-corrected chi connectivity index (χ2v) is 5.52. The molecule has 114 valence electrons. The van der Waals surface area contributed by atoms with Crippen molar-refractivity contribution in [1.29, 1.82) is 0 Å². The average molecular weight is 278 g/mol. The SMILES string of the molecule is CCNCC(CC)(CC)CN(C)c1ccccc1OC. The Kier molecular flexibility index (Phi) is 6.86. The van der Waals surface area contributed by atoms with E-state index in [1.54, 1.807) is 7.11 Å². The van der Waals surface area contributed by atoms with E-state index in [1.165, 1.54) is 12.8 Å². The molecule has 0 bridgehead atoms. The van der Waals surface area contributed by atoms with Crippen molar-refractivity contribution in [2.75, 3.05) is 38.7 Å². The van der Waals surface area contributed by atoms with Crippen molar-refractivity contribution >= 4 is 5.69 Å². The largest absolute Gasteiger partial charge is 0.495 e. The van der Waals surface area contributed by atoms with E-state index < -0.39 is 0 Å². The van der Waals surface area contributed by atoms with Crippen molar-refractivity contribution in [3.63, 3.8) is 0 Å². The quantitative estimate of drug-likeness (QED) is 0.747. The van der Waals surface area contributed by atoms with Gasteiger partial charge in [-0.15, -0.1) is 0 Å². The maximum absolute atomic E-state index is 5.47. The molecule has 0 saturated carbocycles. The standard InChI is InChI=1S/C17H30N2O/c1-6-17(7-2,13-18-8-3)14-19(4)15-11-9-10-12-16(15)20-5/h9-12,18H,6-8,13-14H2,1-5H3. The molecule has 0 saturated heterocycles. The number of nitrogens with zero attached hydrogens (tertiary/aromatic N) is 1. The highest BCUT2D eigenvalue weighted by Crippen LogP contribution is 2.32. The number of anilines is 1. The zero-order valence-corrected chi connectivity index (χ0v) is 13.7. The van der Waals surface area contributed by atoms with Crippen LogP contribution in [0.15, 0.2) is 24.3 Å². The number of para-hydroxylation sites is 2. The fourth-order valence-electron chi connectivity index (χ4n) is 2.70. The predicted octanol–water partition coefficient (Wildman–Crippen LogP) is 3.55. The molecule has 3 heteroatoms. The highest BCUT2D eigenvalue weighted by molar-refractivity contribution is 5.58. The summed E-state index contributed by atoms with van der Waals surface area (Å²) in [7, 11) is 3.89. The van der Waals surface area contributed by atoms with Crippen LogP contribution in [-0.4, -0.2) is 33.8 Å².